The minimum absolute atomic E-state index is 0. The second-order valence-electron chi connectivity index (χ2n) is 6.03. The molecule has 0 saturated heterocycles. The smallest absolute Gasteiger partial charge is 0.191 e. The van der Waals surface area contributed by atoms with Crippen molar-refractivity contribution in [2.75, 3.05) is 21.3 Å². The van der Waals surface area contributed by atoms with Crippen LogP contribution in [0.1, 0.15) is 29.7 Å². The largest absolute Gasteiger partial charge is 0.508 e. The second kappa shape index (κ2) is 10.9. The fourth-order valence-corrected chi connectivity index (χ4v) is 2.68. The number of hydrogen-bond acceptors (Lipinski definition) is 4. The van der Waals surface area contributed by atoms with Crippen LogP contribution in [0.15, 0.2) is 41.4 Å². The SMILES string of the molecule is CN=C(NCc1cc(OC)ccc1O)NC(C)c1cc(C)ccc1OC.I. The molecule has 0 aliphatic heterocycles. The number of rotatable bonds is 6. The van der Waals surface area contributed by atoms with Gasteiger partial charge in [-0.2, -0.15) is 0 Å². The van der Waals surface area contributed by atoms with E-state index < -0.39 is 0 Å². The van der Waals surface area contributed by atoms with Crippen molar-refractivity contribution in [3.63, 3.8) is 0 Å². The van der Waals surface area contributed by atoms with E-state index in [0.717, 1.165) is 16.9 Å². The van der Waals surface area contributed by atoms with Gasteiger partial charge in [0.1, 0.15) is 17.2 Å². The molecule has 0 fully saturated rings. The van der Waals surface area contributed by atoms with Gasteiger partial charge in [-0.1, -0.05) is 17.7 Å². The summed E-state index contributed by atoms with van der Waals surface area (Å²) in [5, 5.41) is 16.6. The molecule has 0 aromatic heterocycles. The molecular formula is C20H28IN3O3. The lowest BCUT2D eigenvalue weighted by Crippen LogP contribution is -2.38. The van der Waals surface area contributed by atoms with Gasteiger partial charge in [0.25, 0.3) is 0 Å². The summed E-state index contributed by atoms with van der Waals surface area (Å²) >= 11 is 0. The summed E-state index contributed by atoms with van der Waals surface area (Å²) in [6.07, 6.45) is 0. The summed E-state index contributed by atoms with van der Waals surface area (Å²) in [6.45, 7) is 4.52. The predicted molar refractivity (Wildman–Crippen MR) is 120 cm³/mol. The molecule has 7 heteroatoms. The summed E-state index contributed by atoms with van der Waals surface area (Å²) in [5.74, 6) is 2.36. The van der Waals surface area contributed by atoms with Crippen molar-refractivity contribution in [1.29, 1.82) is 0 Å². The maximum Gasteiger partial charge on any atom is 0.191 e. The van der Waals surface area contributed by atoms with Gasteiger partial charge >= 0.3 is 0 Å². The molecule has 0 spiro atoms. The summed E-state index contributed by atoms with van der Waals surface area (Å²) in [7, 11) is 4.97. The predicted octanol–water partition coefficient (Wildman–Crippen LogP) is 3.76. The van der Waals surface area contributed by atoms with Crippen molar-refractivity contribution in [1.82, 2.24) is 10.6 Å². The molecule has 0 bridgehead atoms. The molecule has 0 aliphatic carbocycles. The molecule has 0 aliphatic rings. The van der Waals surface area contributed by atoms with Gasteiger partial charge in [-0.3, -0.25) is 4.99 Å². The lowest BCUT2D eigenvalue weighted by Gasteiger charge is -2.21. The second-order valence-corrected chi connectivity index (χ2v) is 6.03. The summed E-state index contributed by atoms with van der Waals surface area (Å²) in [4.78, 5) is 4.26. The quantitative estimate of drug-likeness (QED) is 0.330. The Bertz CT molecular complexity index is 781. The van der Waals surface area contributed by atoms with Crippen molar-refractivity contribution < 1.29 is 14.6 Å². The molecule has 0 saturated carbocycles. The maximum absolute atomic E-state index is 10.0. The molecule has 6 nitrogen and oxygen atoms in total. The Morgan fingerprint density at radius 3 is 2.52 bits per heavy atom. The van der Waals surface area contributed by atoms with Crippen molar-refractivity contribution in [3.05, 3.63) is 53.1 Å². The van der Waals surface area contributed by atoms with Gasteiger partial charge in [-0.25, -0.2) is 0 Å². The number of nitrogens with one attached hydrogen (secondary N) is 2. The number of methoxy groups -OCH3 is 2. The normalized spacial score (nSPS) is 12.0. The zero-order valence-electron chi connectivity index (χ0n) is 16.4. The number of benzene rings is 2. The molecule has 3 N–H and O–H groups in total. The van der Waals surface area contributed by atoms with Crippen LogP contribution in [0.3, 0.4) is 0 Å². The Morgan fingerprint density at radius 1 is 1.15 bits per heavy atom. The van der Waals surface area contributed by atoms with Gasteiger partial charge < -0.3 is 25.2 Å². The number of aryl methyl sites for hydroxylation is 1. The van der Waals surface area contributed by atoms with E-state index in [2.05, 4.69) is 21.7 Å². The summed E-state index contributed by atoms with van der Waals surface area (Å²) in [6, 6.07) is 11.2. The van der Waals surface area contributed by atoms with E-state index in [1.807, 2.05) is 26.0 Å². The number of aliphatic imine (C=N–C) groups is 1. The Kier molecular flexibility index (Phi) is 9.20. The van der Waals surface area contributed by atoms with Gasteiger partial charge in [0.05, 0.1) is 20.3 Å². The maximum atomic E-state index is 10.0. The lowest BCUT2D eigenvalue weighted by atomic mass is 10.0. The topological polar surface area (TPSA) is 75.1 Å². The Morgan fingerprint density at radius 2 is 1.89 bits per heavy atom. The van der Waals surface area contributed by atoms with Crippen molar-refractivity contribution in [3.8, 4) is 17.2 Å². The highest BCUT2D eigenvalue weighted by Crippen LogP contribution is 2.26. The van der Waals surface area contributed by atoms with Crippen LogP contribution in [-0.4, -0.2) is 32.3 Å². The molecule has 2 rings (SSSR count). The molecule has 0 amide bonds. The van der Waals surface area contributed by atoms with E-state index in [0.29, 0.717) is 18.3 Å². The van der Waals surface area contributed by atoms with Crippen molar-refractivity contribution >= 4 is 29.9 Å². The van der Waals surface area contributed by atoms with Gasteiger partial charge in [0.15, 0.2) is 5.96 Å². The number of phenolic OH excluding ortho intramolecular Hbond substituents is 1. The van der Waals surface area contributed by atoms with Gasteiger partial charge in [-0.05, 0) is 38.1 Å². The Hall–Kier alpha value is -2.16. The monoisotopic (exact) mass is 485 g/mol. The minimum Gasteiger partial charge on any atom is -0.508 e. The highest BCUT2D eigenvalue weighted by atomic mass is 127. The van der Waals surface area contributed by atoms with Crippen LogP contribution in [0.2, 0.25) is 0 Å². The van der Waals surface area contributed by atoms with Crippen LogP contribution < -0.4 is 20.1 Å². The zero-order valence-corrected chi connectivity index (χ0v) is 18.7. The summed E-state index contributed by atoms with van der Waals surface area (Å²) < 4.78 is 10.7. The first-order chi connectivity index (χ1) is 12.5. The number of aromatic hydroxyl groups is 1. The molecule has 2 aromatic rings. The lowest BCUT2D eigenvalue weighted by molar-refractivity contribution is 0.405. The molecule has 0 radical (unpaired) electrons. The third kappa shape index (κ3) is 6.20. The van der Waals surface area contributed by atoms with Crippen LogP contribution in [0.5, 0.6) is 17.2 Å². The van der Waals surface area contributed by atoms with Crippen molar-refractivity contribution in [2.24, 2.45) is 4.99 Å². The van der Waals surface area contributed by atoms with E-state index in [-0.39, 0.29) is 35.8 Å². The number of ether oxygens (including phenoxy) is 2. The average Bonchev–Trinajstić information content (AvgIpc) is 2.65. The first kappa shape index (κ1) is 22.9. The van der Waals surface area contributed by atoms with Crippen LogP contribution in [0.25, 0.3) is 0 Å². The van der Waals surface area contributed by atoms with Crippen LogP contribution in [0.4, 0.5) is 0 Å². The molecule has 148 valence electrons. The summed E-state index contributed by atoms with van der Waals surface area (Å²) in [5.41, 5.74) is 2.95. The Balaban J connectivity index is 0.00000364. The zero-order chi connectivity index (χ0) is 19.1. The number of guanidine groups is 1. The molecule has 1 atom stereocenters. The standard InChI is InChI=1S/C20H27N3O3.HI/c1-13-6-9-19(26-5)17(10-13)14(2)23-20(21-3)22-12-15-11-16(25-4)7-8-18(15)24;/h6-11,14,24H,12H2,1-5H3,(H2,21,22,23);1H. The van der Waals surface area contributed by atoms with Crippen LogP contribution in [-0.2, 0) is 6.54 Å². The van der Waals surface area contributed by atoms with E-state index in [4.69, 9.17) is 9.47 Å². The highest BCUT2D eigenvalue weighted by Gasteiger charge is 2.13. The third-order valence-electron chi connectivity index (χ3n) is 4.16. The van der Waals surface area contributed by atoms with Crippen LogP contribution >= 0.6 is 24.0 Å². The molecular weight excluding hydrogens is 457 g/mol. The van der Waals surface area contributed by atoms with Gasteiger partial charge in [0.2, 0.25) is 0 Å². The Labute approximate surface area is 178 Å². The minimum atomic E-state index is -0.00467. The van der Waals surface area contributed by atoms with Gasteiger partial charge in [0, 0.05) is 24.7 Å². The fraction of sp³-hybridized carbons (Fsp3) is 0.350. The highest BCUT2D eigenvalue weighted by molar-refractivity contribution is 14.0. The molecule has 2 aromatic carbocycles. The number of hydrogen-bond donors (Lipinski definition) is 3. The average molecular weight is 485 g/mol. The van der Waals surface area contributed by atoms with E-state index in [1.165, 1.54) is 5.56 Å². The first-order valence-electron chi connectivity index (χ1n) is 8.46. The van der Waals surface area contributed by atoms with E-state index in [9.17, 15) is 5.11 Å². The number of nitrogens with zero attached hydrogens (tertiary/aromatic N) is 1. The van der Waals surface area contributed by atoms with E-state index >= 15 is 0 Å². The number of phenols is 1. The fourth-order valence-electron chi connectivity index (χ4n) is 2.68. The first-order valence-corrected chi connectivity index (χ1v) is 8.46. The molecule has 1 unspecified atom stereocenters. The number of halogens is 1. The van der Waals surface area contributed by atoms with Crippen molar-refractivity contribution in [2.45, 2.75) is 26.4 Å². The van der Waals surface area contributed by atoms with E-state index in [1.54, 1.807) is 39.5 Å². The van der Waals surface area contributed by atoms with Crippen LogP contribution in [0, 0.1) is 6.92 Å². The molecule has 27 heavy (non-hydrogen) atoms. The van der Waals surface area contributed by atoms with Gasteiger partial charge in [-0.15, -0.1) is 24.0 Å². The molecule has 0 heterocycles. The third-order valence-corrected chi connectivity index (χ3v) is 4.16.